The van der Waals surface area contributed by atoms with Crippen molar-refractivity contribution in [2.45, 2.75) is 26.2 Å². The van der Waals surface area contributed by atoms with Gasteiger partial charge in [0, 0.05) is 18.7 Å². The first kappa shape index (κ1) is 17.4. The Labute approximate surface area is 137 Å². The first-order valence-electron chi connectivity index (χ1n) is 8.15. The van der Waals surface area contributed by atoms with Crippen LogP contribution in [0.25, 0.3) is 0 Å². The van der Waals surface area contributed by atoms with Gasteiger partial charge in [0.05, 0.1) is 31.6 Å². The topological polar surface area (TPSA) is 74.0 Å². The van der Waals surface area contributed by atoms with Crippen molar-refractivity contribution in [2.75, 3.05) is 45.7 Å². The number of hydrogen-bond acceptors (Lipinski definition) is 6. The minimum absolute atomic E-state index is 0.299. The maximum absolute atomic E-state index is 11.8. The van der Waals surface area contributed by atoms with E-state index in [0.29, 0.717) is 36.0 Å². The number of rotatable bonds is 8. The second kappa shape index (κ2) is 8.62. The molecule has 0 amide bonds. The normalized spacial score (nSPS) is 14.7. The van der Waals surface area contributed by atoms with Crippen molar-refractivity contribution in [1.29, 1.82) is 0 Å². The van der Waals surface area contributed by atoms with E-state index in [1.54, 1.807) is 19.1 Å². The van der Waals surface area contributed by atoms with Gasteiger partial charge in [0.15, 0.2) is 11.5 Å². The molecule has 0 aliphatic carbocycles. The zero-order valence-corrected chi connectivity index (χ0v) is 14.0. The van der Waals surface area contributed by atoms with E-state index in [4.69, 9.17) is 19.9 Å². The number of benzene rings is 1. The molecule has 1 aliphatic heterocycles. The lowest BCUT2D eigenvalue weighted by Gasteiger charge is -2.16. The Morgan fingerprint density at radius 1 is 1.26 bits per heavy atom. The molecule has 2 N–H and O–H groups in total. The second-order valence-electron chi connectivity index (χ2n) is 5.56. The summed E-state index contributed by atoms with van der Waals surface area (Å²) in [5.41, 5.74) is 6.57. The van der Waals surface area contributed by atoms with Gasteiger partial charge in [-0.15, -0.1) is 0 Å². The summed E-state index contributed by atoms with van der Waals surface area (Å²) < 4.78 is 16.1. The third-order valence-electron chi connectivity index (χ3n) is 3.91. The summed E-state index contributed by atoms with van der Waals surface area (Å²) in [5, 5.41) is 0. The zero-order chi connectivity index (χ0) is 16.7. The van der Waals surface area contributed by atoms with E-state index in [-0.39, 0.29) is 0 Å². The van der Waals surface area contributed by atoms with Gasteiger partial charge >= 0.3 is 5.97 Å². The molecule has 2 rings (SSSR count). The Bertz CT molecular complexity index is 528. The van der Waals surface area contributed by atoms with Crippen molar-refractivity contribution in [1.82, 2.24) is 4.90 Å². The molecule has 6 nitrogen and oxygen atoms in total. The number of hydrogen-bond donors (Lipinski definition) is 1. The molecule has 1 saturated heterocycles. The standard InChI is InChI=1S/C17H26N2O4/c1-3-22-17(20)13-11-15(21-2)16(12-14(13)18)23-10-6-9-19-7-4-5-8-19/h11-12H,3-10,18H2,1-2H3. The van der Waals surface area contributed by atoms with Crippen LogP contribution < -0.4 is 15.2 Å². The molecule has 0 unspecified atom stereocenters. The van der Waals surface area contributed by atoms with Crippen LogP contribution in [0.5, 0.6) is 11.5 Å². The van der Waals surface area contributed by atoms with Crippen molar-refractivity contribution in [3.05, 3.63) is 17.7 Å². The van der Waals surface area contributed by atoms with Crippen LogP contribution >= 0.6 is 0 Å². The molecule has 23 heavy (non-hydrogen) atoms. The summed E-state index contributed by atoms with van der Waals surface area (Å²) in [7, 11) is 1.54. The summed E-state index contributed by atoms with van der Waals surface area (Å²) in [6.07, 6.45) is 3.53. The predicted octanol–water partition coefficient (Wildman–Crippen LogP) is 2.32. The molecule has 1 heterocycles. The largest absolute Gasteiger partial charge is 0.493 e. The SMILES string of the molecule is CCOC(=O)c1cc(OC)c(OCCCN2CCCC2)cc1N. The number of carbonyl (C=O) groups is 1. The highest BCUT2D eigenvalue weighted by atomic mass is 16.5. The van der Waals surface area contributed by atoms with Crippen molar-refractivity contribution in [3.8, 4) is 11.5 Å². The summed E-state index contributed by atoms with van der Waals surface area (Å²) >= 11 is 0. The Kier molecular flexibility index (Phi) is 6.52. The molecule has 1 aromatic rings. The van der Waals surface area contributed by atoms with Crippen molar-refractivity contribution >= 4 is 11.7 Å². The highest BCUT2D eigenvalue weighted by molar-refractivity contribution is 5.96. The molecule has 1 fully saturated rings. The van der Waals surface area contributed by atoms with Crippen LogP contribution in [0.2, 0.25) is 0 Å². The van der Waals surface area contributed by atoms with Crippen LogP contribution in [0.3, 0.4) is 0 Å². The molecule has 1 aromatic carbocycles. The lowest BCUT2D eigenvalue weighted by Crippen LogP contribution is -2.22. The maximum atomic E-state index is 11.8. The van der Waals surface area contributed by atoms with Crippen LogP contribution in [0, 0.1) is 0 Å². The quantitative estimate of drug-likeness (QED) is 0.450. The second-order valence-corrected chi connectivity index (χ2v) is 5.56. The lowest BCUT2D eigenvalue weighted by molar-refractivity contribution is 0.0527. The summed E-state index contributed by atoms with van der Waals surface area (Å²) in [4.78, 5) is 14.3. The van der Waals surface area contributed by atoms with Gasteiger partial charge in [-0.05, 0) is 39.3 Å². The Morgan fingerprint density at radius 3 is 2.65 bits per heavy atom. The van der Waals surface area contributed by atoms with E-state index in [2.05, 4.69) is 4.90 Å². The molecule has 1 aliphatic rings. The molecule has 0 atom stereocenters. The highest BCUT2D eigenvalue weighted by Crippen LogP contribution is 2.32. The van der Waals surface area contributed by atoms with Gasteiger partial charge in [-0.2, -0.15) is 0 Å². The van der Waals surface area contributed by atoms with E-state index in [1.807, 2.05) is 0 Å². The van der Waals surface area contributed by atoms with E-state index >= 15 is 0 Å². The molecular formula is C17H26N2O4. The van der Waals surface area contributed by atoms with Gasteiger partial charge in [-0.3, -0.25) is 0 Å². The minimum atomic E-state index is -0.455. The first-order chi connectivity index (χ1) is 11.2. The minimum Gasteiger partial charge on any atom is -0.493 e. The average molecular weight is 322 g/mol. The van der Waals surface area contributed by atoms with Crippen LogP contribution in [-0.4, -0.2) is 50.8 Å². The van der Waals surface area contributed by atoms with Gasteiger partial charge in [-0.1, -0.05) is 0 Å². The Hall–Kier alpha value is -1.95. The van der Waals surface area contributed by atoms with E-state index in [9.17, 15) is 4.79 Å². The number of likely N-dealkylation sites (tertiary alicyclic amines) is 1. The molecule has 128 valence electrons. The number of carbonyl (C=O) groups excluding carboxylic acids is 1. The molecule has 0 saturated carbocycles. The number of nitrogen functional groups attached to an aromatic ring is 1. The van der Waals surface area contributed by atoms with Gasteiger partial charge in [0.1, 0.15) is 0 Å². The number of ether oxygens (including phenoxy) is 3. The zero-order valence-electron chi connectivity index (χ0n) is 14.0. The van der Waals surface area contributed by atoms with Crippen molar-refractivity contribution in [3.63, 3.8) is 0 Å². The number of anilines is 1. The number of nitrogens with zero attached hydrogens (tertiary/aromatic N) is 1. The van der Waals surface area contributed by atoms with Gasteiger partial charge in [-0.25, -0.2) is 4.79 Å². The third-order valence-corrected chi connectivity index (χ3v) is 3.91. The van der Waals surface area contributed by atoms with Gasteiger partial charge in [0.25, 0.3) is 0 Å². The summed E-state index contributed by atoms with van der Waals surface area (Å²) in [6, 6.07) is 3.20. The fraction of sp³-hybridized carbons (Fsp3) is 0.588. The smallest absolute Gasteiger partial charge is 0.340 e. The molecular weight excluding hydrogens is 296 g/mol. The summed E-state index contributed by atoms with van der Waals surface area (Å²) in [6.45, 7) is 6.05. The molecule has 0 spiro atoms. The van der Waals surface area contributed by atoms with Crippen molar-refractivity contribution in [2.24, 2.45) is 0 Å². The third kappa shape index (κ3) is 4.76. The van der Waals surface area contributed by atoms with E-state index in [1.165, 1.54) is 33.0 Å². The van der Waals surface area contributed by atoms with E-state index in [0.717, 1.165) is 13.0 Å². The van der Waals surface area contributed by atoms with Crippen LogP contribution in [0.15, 0.2) is 12.1 Å². The fourth-order valence-electron chi connectivity index (χ4n) is 2.71. The fourth-order valence-corrected chi connectivity index (χ4v) is 2.71. The molecule has 0 bridgehead atoms. The monoisotopic (exact) mass is 322 g/mol. The first-order valence-corrected chi connectivity index (χ1v) is 8.15. The van der Waals surface area contributed by atoms with Crippen LogP contribution in [-0.2, 0) is 4.74 Å². The summed E-state index contributed by atoms with van der Waals surface area (Å²) in [5.74, 6) is 0.590. The van der Waals surface area contributed by atoms with Crippen LogP contribution in [0.1, 0.15) is 36.5 Å². The van der Waals surface area contributed by atoms with Crippen LogP contribution in [0.4, 0.5) is 5.69 Å². The Balaban J connectivity index is 1.94. The number of methoxy groups -OCH3 is 1. The predicted molar refractivity (Wildman–Crippen MR) is 89.1 cm³/mol. The van der Waals surface area contributed by atoms with Gasteiger partial charge in [0.2, 0.25) is 0 Å². The molecule has 0 radical (unpaired) electrons. The number of nitrogens with two attached hydrogens (primary N) is 1. The van der Waals surface area contributed by atoms with E-state index < -0.39 is 5.97 Å². The Morgan fingerprint density at radius 2 is 2.00 bits per heavy atom. The lowest BCUT2D eigenvalue weighted by atomic mass is 10.1. The average Bonchev–Trinajstić information content (AvgIpc) is 3.05. The van der Waals surface area contributed by atoms with Crippen molar-refractivity contribution < 1.29 is 19.0 Å². The van der Waals surface area contributed by atoms with Gasteiger partial charge < -0.3 is 24.8 Å². The molecule has 6 heteroatoms. The maximum Gasteiger partial charge on any atom is 0.340 e. The number of esters is 1. The molecule has 0 aromatic heterocycles. The highest BCUT2D eigenvalue weighted by Gasteiger charge is 2.17.